The number of hydrogen-bond donors (Lipinski definition) is 2. The second kappa shape index (κ2) is 4.93. The zero-order valence-corrected chi connectivity index (χ0v) is 12.9. The number of piperidine rings is 1. The molecule has 2 aromatic rings. The highest BCUT2D eigenvalue weighted by Crippen LogP contribution is 2.40. The summed E-state index contributed by atoms with van der Waals surface area (Å²) in [7, 11) is 0. The van der Waals surface area contributed by atoms with Crippen molar-refractivity contribution in [1.29, 1.82) is 0 Å². The molecule has 0 aromatic carbocycles. The van der Waals surface area contributed by atoms with Crippen LogP contribution in [0.5, 0.6) is 0 Å². The van der Waals surface area contributed by atoms with E-state index in [1.807, 2.05) is 25.4 Å². The fourth-order valence-corrected chi connectivity index (χ4v) is 3.87. The number of ether oxygens (including phenoxy) is 1. The molecule has 0 saturated carbocycles. The molecule has 1 atom stereocenters. The van der Waals surface area contributed by atoms with Gasteiger partial charge < -0.3 is 14.7 Å². The Bertz CT molecular complexity index is 674. The number of nitrogens with zero attached hydrogens (tertiary/aromatic N) is 3. The van der Waals surface area contributed by atoms with Gasteiger partial charge in [0.2, 0.25) is 0 Å². The lowest BCUT2D eigenvalue weighted by Crippen LogP contribution is -2.53. The Labute approximate surface area is 129 Å². The van der Waals surface area contributed by atoms with Crippen molar-refractivity contribution in [3.05, 3.63) is 18.5 Å². The Kier molecular flexibility index (Phi) is 3.13. The van der Waals surface area contributed by atoms with Crippen LogP contribution in [-0.4, -0.2) is 51.2 Å². The van der Waals surface area contributed by atoms with Crippen molar-refractivity contribution < 1.29 is 9.84 Å². The lowest BCUT2D eigenvalue weighted by molar-refractivity contribution is -0.162. The molecule has 0 amide bonds. The molecule has 4 rings (SSSR count). The van der Waals surface area contributed by atoms with Crippen molar-refractivity contribution >= 4 is 16.7 Å². The topological polar surface area (TPSA) is 74.3 Å². The number of aromatic amines is 1. The third kappa shape index (κ3) is 2.36. The molecule has 0 radical (unpaired) electrons. The van der Waals surface area contributed by atoms with Gasteiger partial charge in [-0.25, -0.2) is 4.98 Å². The lowest BCUT2D eigenvalue weighted by Gasteiger charge is -2.48. The van der Waals surface area contributed by atoms with Crippen LogP contribution in [0, 0.1) is 0 Å². The maximum atomic E-state index is 10.4. The smallest absolute Gasteiger partial charge is 0.139 e. The van der Waals surface area contributed by atoms with E-state index in [0.717, 1.165) is 55.5 Å². The summed E-state index contributed by atoms with van der Waals surface area (Å²) < 4.78 is 6.07. The third-order valence-electron chi connectivity index (χ3n) is 5.07. The van der Waals surface area contributed by atoms with E-state index in [1.165, 1.54) is 0 Å². The number of aliphatic hydroxyl groups is 1. The molecular weight excluding hydrogens is 280 g/mol. The van der Waals surface area contributed by atoms with E-state index in [1.54, 1.807) is 0 Å². The van der Waals surface area contributed by atoms with Gasteiger partial charge in [-0.3, -0.25) is 5.10 Å². The van der Waals surface area contributed by atoms with Crippen LogP contribution >= 0.6 is 0 Å². The van der Waals surface area contributed by atoms with Gasteiger partial charge in [-0.1, -0.05) is 0 Å². The first-order chi connectivity index (χ1) is 10.6. The maximum absolute atomic E-state index is 10.4. The monoisotopic (exact) mass is 302 g/mol. The van der Waals surface area contributed by atoms with Gasteiger partial charge in [0.25, 0.3) is 0 Å². The molecule has 0 aliphatic carbocycles. The van der Waals surface area contributed by atoms with Crippen molar-refractivity contribution in [2.24, 2.45) is 0 Å². The van der Waals surface area contributed by atoms with Crippen molar-refractivity contribution in [2.45, 2.75) is 43.8 Å². The van der Waals surface area contributed by atoms with Gasteiger partial charge in [0, 0.05) is 25.7 Å². The molecule has 2 aromatic heterocycles. The van der Waals surface area contributed by atoms with Gasteiger partial charge in [0.05, 0.1) is 34.9 Å². The van der Waals surface area contributed by atoms with Gasteiger partial charge in [-0.05, 0) is 32.3 Å². The predicted octanol–water partition coefficient (Wildman–Crippen LogP) is 1.86. The first kappa shape index (κ1) is 14.0. The van der Waals surface area contributed by atoms with Crippen LogP contribution in [0.1, 0.15) is 32.6 Å². The lowest BCUT2D eigenvalue weighted by atomic mass is 9.78. The van der Waals surface area contributed by atoms with Crippen LogP contribution in [0.3, 0.4) is 0 Å². The minimum Gasteiger partial charge on any atom is -0.390 e. The molecular formula is C16H22N4O2. The first-order valence-electron chi connectivity index (χ1n) is 7.96. The summed E-state index contributed by atoms with van der Waals surface area (Å²) in [6.07, 6.45) is 6.98. The zero-order valence-electron chi connectivity index (χ0n) is 12.9. The van der Waals surface area contributed by atoms with Crippen molar-refractivity contribution in [3.8, 4) is 0 Å². The molecule has 2 aliphatic rings. The number of anilines is 1. The van der Waals surface area contributed by atoms with Gasteiger partial charge in [0.1, 0.15) is 5.82 Å². The number of rotatable bonds is 1. The molecule has 2 fully saturated rings. The molecule has 2 saturated heterocycles. The van der Waals surface area contributed by atoms with Crippen molar-refractivity contribution in [2.75, 3.05) is 24.6 Å². The van der Waals surface area contributed by atoms with E-state index in [-0.39, 0.29) is 5.60 Å². The molecule has 0 bridgehead atoms. The number of H-pyrrole nitrogens is 1. The zero-order chi connectivity index (χ0) is 15.2. The Morgan fingerprint density at radius 1 is 1.32 bits per heavy atom. The van der Waals surface area contributed by atoms with Crippen LogP contribution in [0.25, 0.3) is 10.9 Å². The molecule has 22 heavy (non-hydrogen) atoms. The van der Waals surface area contributed by atoms with E-state index in [9.17, 15) is 5.11 Å². The Morgan fingerprint density at radius 3 is 2.91 bits per heavy atom. The second-order valence-corrected chi connectivity index (χ2v) is 6.91. The van der Waals surface area contributed by atoms with Crippen molar-refractivity contribution in [3.63, 3.8) is 0 Å². The summed E-state index contributed by atoms with van der Waals surface area (Å²) in [5.41, 5.74) is 0.258. The van der Waals surface area contributed by atoms with Gasteiger partial charge in [0.15, 0.2) is 0 Å². The first-order valence-corrected chi connectivity index (χ1v) is 7.96. The molecule has 118 valence electrons. The molecule has 2 N–H and O–H groups in total. The Morgan fingerprint density at radius 2 is 2.14 bits per heavy atom. The SMILES string of the molecule is CC1(O)CCOC2(CCN(c3nccc4[nH]ncc34)CC2)C1. The summed E-state index contributed by atoms with van der Waals surface area (Å²) >= 11 is 0. The van der Waals surface area contributed by atoms with E-state index >= 15 is 0 Å². The predicted molar refractivity (Wildman–Crippen MR) is 83.9 cm³/mol. The molecule has 1 spiro atoms. The van der Waals surface area contributed by atoms with E-state index < -0.39 is 5.60 Å². The summed E-state index contributed by atoms with van der Waals surface area (Å²) in [5.74, 6) is 0.990. The molecule has 6 nitrogen and oxygen atoms in total. The van der Waals surface area contributed by atoms with Crippen LogP contribution in [-0.2, 0) is 4.74 Å². The fraction of sp³-hybridized carbons (Fsp3) is 0.625. The third-order valence-corrected chi connectivity index (χ3v) is 5.07. The van der Waals surface area contributed by atoms with Gasteiger partial charge in [-0.15, -0.1) is 0 Å². The average molecular weight is 302 g/mol. The summed E-state index contributed by atoms with van der Waals surface area (Å²) in [6.45, 7) is 4.38. The number of pyridine rings is 1. The minimum atomic E-state index is -0.594. The minimum absolute atomic E-state index is 0.164. The number of fused-ring (bicyclic) bond motifs is 1. The average Bonchev–Trinajstić information content (AvgIpc) is 2.95. The van der Waals surface area contributed by atoms with E-state index in [2.05, 4.69) is 20.1 Å². The van der Waals surface area contributed by atoms with E-state index in [4.69, 9.17) is 4.74 Å². The van der Waals surface area contributed by atoms with Crippen LogP contribution in [0.2, 0.25) is 0 Å². The molecule has 1 unspecified atom stereocenters. The molecule has 4 heterocycles. The summed E-state index contributed by atoms with van der Waals surface area (Å²) in [5, 5.41) is 18.5. The fourth-order valence-electron chi connectivity index (χ4n) is 3.87. The number of aromatic nitrogens is 3. The molecule has 2 aliphatic heterocycles. The van der Waals surface area contributed by atoms with Crippen LogP contribution < -0.4 is 4.90 Å². The quantitative estimate of drug-likeness (QED) is 0.841. The number of hydrogen-bond acceptors (Lipinski definition) is 5. The number of nitrogens with one attached hydrogen (secondary N) is 1. The molecule has 6 heteroatoms. The normalized spacial score (nSPS) is 28.4. The largest absolute Gasteiger partial charge is 0.390 e. The summed E-state index contributed by atoms with van der Waals surface area (Å²) in [6, 6.07) is 1.94. The second-order valence-electron chi connectivity index (χ2n) is 6.91. The van der Waals surface area contributed by atoms with Crippen LogP contribution in [0.4, 0.5) is 5.82 Å². The van der Waals surface area contributed by atoms with Gasteiger partial charge in [-0.2, -0.15) is 5.10 Å². The maximum Gasteiger partial charge on any atom is 0.139 e. The van der Waals surface area contributed by atoms with E-state index in [0.29, 0.717) is 6.61 Å². The van der Waals surface area contributed by atoms with Crippen LogP contribution in [0.15, 0.2) is 18.5 Å². The Hall–Kier alpha value is -1.66. The Balaban J connectivity index is 1.53. The summed E-state index contributed by atoms with van der Waals surface area (Å²) in [4.78, 5) is 6.84. The highest BCUT2D eigenvalue weighted by Gasteiger charge is 2.44. The van der Waals surface area contributed by atoms with Gasteiger partial charge >= 0.3 is 0 Å². The van der Waals surface area contributed by atoms with Crippen molar-refractivity contribution in [1.82, 2.24) is 15.2 Å². The standard InChI is InChI=1S/C16H22N4O2/c1-15(21)5-9-22-16(11-15)3-7-20(8-4-16)14-12-10-18-19-13(12)2-6-17-14/h2,6,10,21H,3-5,7-9,11H2,1H3,(H,18,19). The highest BCUT2D eigenvalue weighted by atomic mass is 16.5. The highest BCUT2D eigenvalue weighted by molar-refractivity contribution is 5.88.